The van der Waals surface area contributed by atoms with Crippen LogP contribution in [0.1, 0.15) is 16.8 Å². The molecule has 19 heavy (non-hydrogen) atoms. The first-order chi connectivity index (χ1) is 9.28. The minimum Gasteiger partial charge on any atom is -0.396 e. The summed E-state index contributed by atoms with van der Waals surface area (Å²) in [6.45, 7) is 2.39. The maximum atomic E-state index is 12.3. The van der Waals surface area contributed by atoms with Crippen LogP contribution in [0.4, 0.5) is 0 Å². The number of nitrogens with one attached hydrogen (secondary N) is 1. The fourth-order valence-corrected chi connectivity index (χ4v) is 2.80. The monoisotopic (exact) mass is 258 g/mol. The lowest BCUT2D eigenvalue weighted by molar-refractivity contribution is 0.0942. The standard InChI is InChI=1S/C15H18N2O2/c18-10-11-5-6-17(8-11)9-15(19)13-7-16-14-4-2-1-3-12(13)14/h1-4,7,11,16,18H,5-6,8-10H2. The van der Waals surface area contributed by atoms with Gasteiger partial charge in [-0.15, -0.1) is 0 Å². The maximum Gasteiger partial charge on any atom is 0.178 e. The van der Waals surface area contributed by atoms with Crippen LogP contribution in [0.3, 0.4) is 0 Å². The number of hydrogen-bond acceptors (Lipinski definition) is 3. The Morgan fingerprint density at radius 2 is 2.26 bits per heavy atom. The Morgan fingerprint density at radius 1 is 1.42 bits per heavy atom. The molecule has 3 rings (SSSR count). The third-order valence-electron chi connectivity index (χ3n) is 3.89. The van der Waals surface area contributed by atoms with Gasteiger partial charge < -0.3 is 10.1 Å². The summed E-state index contributed by atoms with van der Waals surface area (Å²) in [5.74, 6) is 0.479. The van der Waals surface area contributed by atoms with Crippen LogP contribution in [0, 0.1) is 5.92 Å². The van der Waals surface area contributed by atoms with E-state index in [1.165, 1.54) is 0 Å². The van der Waals surface area contributed by atoms with E-state index < -0.39 is 0 Å². The van der Waals surface area contributed by atoms with E-state index in [4.69, 9.17) is 5.11 Å². The van der Waals surface area contributed by atoms with Crippen molar-refractivity contribution in [3.05, 3.63) is 36.0 Å². The van der Waals surface area contributed by atoms with E-state index in [1.807, 2.05) is 24.3 Å². The lowest BCUT2D eigenvalue weighted by Gasteiger charge is -2.14. The molecule has 0 saturated carbocycles. The van der Waals surface area contributed by atoms with Crippen LogP contribution >= 0.6 is 0 Å². The van der Waals surface area contributed by atoms with Crippen molar-refractivity contribution in [2.45, 2.75) is 6.42 Å². The van der Waals surface area contributed by atoms with Gasteiger partial charge >= 0.3 is 0 Å². The number of carbonyl (C=O) groups is 1. The van der Waals surface area contributed by atoms with Crippen LogP contribution in [-0.4, -0.2) is 47.0 Å². The van der Waals surface area contributed by atoms with Crippen molar-refractivity contribution < 1.29 is 9.90 Å². The smallest absolute Gasteiger partial charge is 0.178 e. The zero-order chi connectivity index (χ0) is 13.2. The largest absolute Gasteiger partial charge is 0.396 e. The molecule has 1 saturated heterocycles. The van der Waals surface area contributed by atoms with Gasteiger partial charge in [0.25, 0.3) is 0 Å². The number of ketones is 1. The van der Waals surface area contributed by atoms with Crippen LogP contribution in [0.15, 0.2) is 30.5 Å². The predicted molar refractivity (Wildman–Crippen MR) is 74.3 cm³/mol. The molecule has 100 valence electrons. The lowest BCUT2D eigenvalue weighted by Crippen LogP contribution is -2.28. The fraction of sp³-hybridized carbons (Fsp3) is 0.400. The Labute approximate surface area is 112 Å². The topological polar surface area (TPSA) is 56.3 Å². The SMILES string of the molecule is O=C(CN1CCC(CO)C1)c1c[nH]c2ccccc12. The molecule has 4 nitrogen and oxygen atoms in total. The van der Waals surface area contributed by atoms with Crippen LogP contribution in [-0.2, 0) is 0 Å². The van der Waals surface area contributed by atoms with Crippen molar-refractivity contribution in [3.63, 3.8) is 0 Å². The number of para-hydroxylation sites is 1. The molecule has 1 aromatic heterocycles. The lowest BCUT2D eigenvalue weighted by atomic mass is 10.1. The number of aromatic nitrogens is 1. The Bertz CT molecular complexity index is 591. The average Bonchev–Trinajstić information content (AvgIpc) is 3.04. The molecule has 4 heteroatoms. The van der Waals surface area contributed by atoms with Gasteiger partial charge in [0.2, 0.25) is 0 Å². The third-order valence-corrected chi connectivity index (χ3v) is 3.89. The summed E-state index contributed by atoms with van der Waals surface area (Å²) in [7, 11) is 0. The Morgan fingerprint density at radius 3 is 3.05 bits per heavy atom. The maximum absolute atomic E-state index is 12.3. The van der Waals surface area contributed by atoms with Crippen molar-refractivity contribution in [1.82, 2.24) is 9.88 Å². The number of Topliss-reactive ketones (excluding diaryl/α,β-unsaturated/α-hetero) is 1. The number of rotatable bonds is 4. The second-order valence-electron chi connectivity index (χ2n) is 5.24. The number of aliphatic hydroxyl groups excluding tert-OH is 1. The quantitative estimate of drug-likeness (QED) is 0.820. The van der Waals surface area contributed by atoms with Crippen molar-refractivity contribution in [3.8, 4) is 0 Å². The number of H-pyrrole nitrogens is 1. The molecule has 0 bridgehead atoms. The van der Waals surface area contributed by atoms with Crippen LogP contribution in [0.2, 0.25) is 0 Å². The summed E-state index contributed by atoms with van der Waals surface area (Å²) in [5.41, 5.74) is 1.77. The van der Waals surface area contributed by atoms with Crippen molar-refractivity contribution in [1.29, 1.82) is 0 Å². The molecule has 0 aliphatic carbocycles. The minimum absolute atomic E-state index is 0.149. The summed E-state index contributed by atoms with van der Waals surface area (Å²) < 4.78 is 0. The molecule has 1 fully saturated rings. The van der Waals surface area contributed by atoms with E-state index >= 15 is 0 Å². The molecule has 1 aliphatic heterocycles. The molecule has 0 radical (unpaired) electrons. The predicted octanol–water partition coefficient (Wildman–Crippen LogP) is 1.66. The molecule has 2 aromatic rings. The van der Waals surface area contributed by atoms with Gasteiger partial charge in [-0.3, -0.25) is 9.69 Å². The first-order valence-corrected chi connectivity index (χ1v) is 6.70. The number of hydrogen-bond donors (Lipinski definition) is 2. The normalized spacial score (nSPS) is 20.2. The number of aliphatic hydroxyl groups is 1. The Hall–Kier alpha value is -1.65. The molecule has 2 heterocycles. The Balaban J connectivity index is 1.74. The van der Waals surface area contributed by atoms with E-state index in [1.54, 1.807) is 6.20 Å². The second kappa shape index (κ2) is 5.15. The molecule has 1 aromatic carbocycles. The fourth-order valence-electron chi connectivity index (χ4n) is 2.80. The molecule has 0 spiro atoms. The van der Waals surface area contributed by atoms with Gasteiger partial charge in [0.1, 0.15) is 0 Å². The van der Waals surface area contributed by atoms with E-state index in [-0.39, 0.29) is 12.4 Å². The van der Waals surface area contributed by atoms with Crippen molar-refractivity contribution in [2.75, 3.05) is 26.2 Å². The van der Waals surface area contributed by atoms with Gasteiger partial charge in [-0.2, -0.15) is 0 Å². The molecular formula is C15H18N2O2. The average molecular weight is 258 g/mol. The third kappa shape index (κ3) is 2.41. The van der Waals surface area contributed by atoms with E-state index in [0.29, 0.717) is 12.5 Å². The van der Waals surface area contributed by atoms with Gasteiger partial charge in [0.05, 0.1) is 6.54 Å². The van der Waals surface area contributed by atoms with Gasteiger partial charge in [-0.1, -0.05) is 18.2 Å². The minimum atomic E-state index is 0.149. The molecule has 1 unspecified atom stereocenters. The number of carbonyl (C=O) groups excluding carboxylic acids is 1. The summed E-state index contributed by atoms with van der Waals surface area (Å²) in [6.07, 6.45) is 2.78. The summed E-state index contributed by atoms with van der Waals surface area (Å²) in [5, 5.41) is 10.1. The van der Waals surface area contributed by atoms with E-state index in [0.717, 1.165) is 36.0 Å². The van der Waals surface area contributed by atoms with Crippen molar-refractivity contribution >= 4 is 16.7 Å². The van der Waals surface area contributed by atoms with Crippen LogP contribution in [0.25, 0.3) is 10.9 Å². The number of benzene rings is 1. The highest BCUT2D eigenvalue weighted by Gasteiger charge is 2.24. The number of likely N-dealkylation sites (tertiary alicyclic amines) is 1. The van der Waals surface area contributed by atoms with E-state index in [2.05, 4.69) is 9.88 Å². The highest BCUT2D eigenvalue weighted by Crippen LogP contribution is 2.20. The first kappa shape index (κ1) is 12.4. The van der Waals surface area contributed by atoms with Gasteiger partial charge in [-0.05, 0) is 24.9 Å². The van der Waals surface area contributed by atoms with Gasteiger partial charge in [0.15, 0.2) is 5.78 Å². The summed E-state index contributed by atoms with van der Waals surface area (Å²) >= 11 is 0. The number of aromatic amines is 1. The highest BCUT2D eigenvalue weighted by atomic mass is 16.3. The number of nitrogens with zero attached hydrogens (tertiary/aromatic N) is 1. The van der Waals surface area contributed by atoms with Crippen LogP contribution in [0.5, 0.6) is 0 Å². The Kier molecular flexibility index (Phi) is 3.36. The molecule has 0 amide bonds. The molecule has 1 atom stereocenters. The van der Waals surface area contributed by atoms with E-state index in [9.17, 15) is 4.79 Å². The second-order valence-corrected chi connectivity index (χ2v) is 5.24. The van der Waals surface area contributed by atoms with Crippen molar-refractivity contribution in [2.24, 2.45) is 5.92 Å². The molecular weight excluding hydrogens is 240 g/mol. The van der Waals surface area contributed by atoms with Crippen LogP contribution < -0.4 is 0 Å². The zero-order valence-electron chi connectivity index (χ0n) is 10.8. The summed E-state index contributed by atoms with van der Waals surface area (Å²) in [6, 6.07) is 7.85. The zero-order valence-corrected chi connectivity index (χ0v) is 10.8. The number of fused-ring (bicyclic) bond motifs is 1. The molecule has 2 N–H and O–H groups in total. The molecule has 1 aliphatic rings. The first-order valence-electron chi connectivity index (χ1n) is 6.70. The van der Waals surface area contributed by atoms with Gasteiger partial charge in [-0.25, -0.2) is 0 Å². The summed E-state index contributed by atoms with van der Waals surface area (Å²) in [4.78, 5) is 17.6. The van der Waals surface area contributed by atoms with Gasteiger partial charge in [0, 0.05) is 35.8 Å². The highest BCUT2D eigenvalue weighted by molar-refractivity contribution is 6.08.